The van der Waals surface area contributed by atoms with Gasteiger partial charge in [-0.15, -0.1) is 0 Å². The molecule has 1 aromatic rings. The highest BCUT2D eigenvalue weighted by atomic mass is 19.3. The maximum absolute atomic E-state index is 12.1. The van der Waals surface area contributed by atoms with Crippen molar-refractivity contribution in [1.29, 1.82) is 0 Å². The summed E-state index contributed by atoms with van der Waals surface area (Å²) in [7, 11) is 0. The molecule has 1 aromatic carbocycles. The van der Waals surface area contributed by atoms with Gasteiger partial charge in [0.05, 0.1) is 12.1 Å². The van der Waals surface area contributed by atoms with Crippen molar-refractivity contribution in [3.63, 3.8) is 0 Å². The number of nitrogens with one attached hydrogen (secondary N) is 1. The van der Waals surface area contributed by atoms with Crippen molar-refractivity contribution in [3.8, 4) is 5.75 Å². The fourth-order valence-electron chi connectivity index (χ4n) is 1.78. The summed E-state index contributed by atoms with van der Waals surface area (Å²) in [4.78, 5) is 4.05. The topological polar surface area (TPSA) is 59.6 Å². The van der Waals surface area contributed by atoms with E-state index in [1.165, 1.54) is 6.07 Å². The van der Waals surface area contributed by atoms with Gasteiger partial charge in [0.15, 0.2) is 5.96 Å². The minimum atomic E-state index is -2.82. The summed E-state index contributed by atoms with van der Waals surface area (Å²) >= 11 is 0. The van der Waals surface area contributed by atoms with Crippen LogP contribution in [0, 0.1) is 0 Å². The number of nitrogens with two attached hydrogens (primary N) is 1. The van der Waals surface area contributed by atoms with Crippen molar-refractivity contribution >= 4 is 5.96 Å². The van der Waals surface area contributed by atoms with Crippen LogP contribution in [0.5, 0.6) is 5.75 Å². The second kappa shape index (κ2) is 4.20. The fraction of sp³-hybridized carbons (Fsp3) is 0.364. The molecule has 1 aliphatic rings. The van der Waals surface area contributed by atoms with Crippen LogP contribution in [0.4, 0.5) is 8.78 Å². The van der Waals surface area contributed by atoms with E-state index in [2.05, 4.69) is 15.0 Å². The van der Waals surface area contributed by atoms with Crippen LogP contribution in [0.2, 0.25) is 0 Å². The number of nitrogens with zero attached hydrogens (tertiary/aromatic N) is 1. The zero-order valence-electron chi connectivity index (χ0n) is 9.28. The standard InChI is InChI=1S/C11H13F2N3O/c1-11(6-15-10(14)16-11)7-3-2-4-8(5-7)17-9(12)13/h2-5,9H,6H2,1H3,(H3,14,15,16). The molecule has 0 aromatic heterocycles. The number of hydrogen-bond acceptors (Lipinski definition) is 4. The highest BCUT2D eigenvalue weighted by Crippen LogP contribution is 2.27. The van der Waals surface area contributed by atoms with Crippen molar-refractivity contribution in [2.24, 2.45) is 10.7 Å². The zero-order chi connectivity index (χ0) is 12.5. The van der Waals surface area contributed by atoms with Crippen LogP contribution in [0.25, 0.3) is 0 Å². The van der Waals surface area contributed by atoms with E-state index in [-0.39, 0.29) is 5.75 Å². The highest BCUT2D eigenvalue weighted by molar-refractivity contribution is 5.81. The normalized spacial score (nSPS) is 23.4. The summed E-state index contributed by atoms with van der Waals surface area (Å²) in [6, 6.07) is 6.53. The van der Waals surface area contributed by atoms with Crippen LogP contribution < -0.4 is 15.8 Å². The monoisotopic (exact) mass is 241 g/mol. The number of rotatable bonds is 3. The second-order valence-corrected chi connectivity index (χ2v) is 4.06. The Morgan fingerprint density at radius 2 is 2.29 bits per heavy atom. The van der Waals surface area contributed by atoms with E-state index in [0.29, 0.717) is 12.5 Å². The van der Waals surface area contributed by atoms with Crippen molar-refractivity contribution in [1.82, 2.24) is 5.32 Å². The van der Waals surface area contributed by atoms with Crippen LogP contribution in [0.15, 0.2) is 29.3 Å². The molecule has 6 heteroatoms. The van der Waals surface area contributed by atoms with E-state index in [1.54, 1.807) is 12.1 Å². The summed E-state index contributed by atoms with van der Waals surface area (Å²) < 4.78 is 28.6. The van der Waals surface area contributed by atoms with Crippen LogP contribution in [-0.2, 0) is 5.54 Å². The number of aliphatic imine (C=N–C) groups is 1. The van der Waals surface area contributed by atoms with Gasteiger partial charge < -0.3 is 15.8 Å². The molecule has 0 radical (unpaired) electrons. The number of guanidine groups is 1. The average molecular weight is 241 g/mol. The Labute approximate surface area is 97.5 Å². The molecule has 0 saturated heterocycles. The zero-order valence-corrected chi connectivity index (χ0v) is 9.28. The molecule has 0 amide bonds. The fourth-order valence-corrected chi connectivity index (χ4v) is 1.78. The van der Waals surface area contributed by atoms with E-state index >= 15 is 0 Å². The van der Waals surface area contributed by atoms with Crippen molar-refractivity contribution in [3.05, 3.63) is 29.8 Å². The molecule has 0 fully saturated rings. The summed E-state index contributed by atoms with van der Waals surface area (Å²) in [6.07, 6.45) is 0. The van der Waals surface area contributed by atoms with Crippen molar-refractivity contribution in [2.45, 2.75) is 19.1 Å². The Kier molecular flexibility index (Phi) is 2.87. The van der Waals surface area contributed by atoms with Crippen molar-refractivity contribution in [2.75, 3.05) is 6.54 Å². The second-order valence-electron chi connectivity index (χ2n) is 4.06. The predicted molar refractivity (Wildman–Crippen MR) is 60.1 cm³/mol. The summed E-state index contributed by atoms with van der Waals surface area (Å²) in [5, 5.41) is 3.01. The third-order valence-corrected chi connectivity index (χ3v) is 2.67. The SMILES string of the molecule is CC1(c2cccc(OC(F)F)c2)CN=C(N)N1. The number of alkyl halides is 2. The van der Waals surface area contributed by atoms with Gasteiger partial charge in [-0.2, -0.15) is 8.78 Å². The Bertz CT molecular complexity index is 450. The Hall–Kier alpha value is -1.85. The van der Waals surface area contributed by atoms with E-state index < -0.39 is 12.2 Å². The van der Waals surface area contributed by atoms with Gasteiger partial charge in [-0.25, -0.2) is 0 Å². The van der Waals surface area contributed by atoms with E-state index in [0.717, 1.165) is 5.56 Å². The van der Waals surface area contributed by atoms with Crippen molar-refractivity contribution < 1.29 is 13.5 Å². The lowest BCUT2D eigenvalue weighted by Crippen LogP contribution is -2.42. The largest absolute Gasteiger partial charge is 0.435 e. The molecule has 0 saturated carbocycles. The van der Waals surface area contributed by atoms with Crippen LogP contribution in [0.3, 0.4) is 0 Å². The maximum Gasteiger partial charge on any atom is 0.387 e. The Morgan fingerprint density at radius 3 is 2.88 bits per heavy atom. The van der Waals surface area contributed by atoms with Crippen LogP contribution in [-0.4, -0.2) is 19.1 Å². The van der Waals surface area contributed by atoms with Gasteiger partial charge in [-0.1, -0.05) is 12.1 Å². The molecule has 1 atom stereocenters. The average Bonchev–Trinajstić information content (AvgIpc) is 2.59. The number of hydrogen-bond donors (Lipinski definition) is 2. The molecule has 1 heterocycles. The van der Waals surface area contributed by atoms with E-state index in [1.807, 2.05) is 13.0 Å². The van der Waals surface area contributed by atoms with Gasteiger partial charge in [0.1, 0.15) is 5.75 Å². The molecule has 0 aliphatic carbocycles. The number of ether oxygens (including phenoxy) is 1. The summed E-state index contributed by atoms with van der Waals surface area (Å²) in [6.45, 7) is -0.453. The van der Waals surface area contributed by atoms with Gasteiger partial charge in [0, 0.05) is 0 Å². The molecular formula is C11H13F2N3O. The van der Waals surface area contributed by atoms with Crippen LogP contribution in [0.1, 0.15) is 12.5 Å². The first-order valence-electron chi connectivity index (χ1n) is 5.13. The smallest absolute Gasteiger partial charge is 0.387 e. The molecule has 2 rings (SSSR count). The molecule has 1 unspecified atom stereocenters. The molecule has 3 N–H and O–H groups in total. The lowest BCUT2D eigenvalue weighted by atomic mass is 9.93. The molecule has 92 valence electrons. The number of halogens is 2. The number of benzene rings is 1. The molecule has 1 aliphatic heterocycles. The minimum absolute atomic E-state index is 0.131. The van der Waals surface area contributed by atoms with Crippen LogP contribution >= 0.6 is 0 Å². The minimum Gasteiger partial charge on any atom is -0.435 e. The maximum atomic E-state index is 12.1. The highest BCUT2D eigenvalue weighted by Gasteiger charge is 2.31. The van der Waals surface area contributed by atoms with Gasteiger partial charge in [0.2, 0.25) is 0 Å². The first-order valence-corrected chi connectivity index (χ1v) is 5.13. The summed E-state index contributed by atoms with van der Waals surface area (Å²) in [5.41, 5.74) is 5.89. The Balaban J connectivity index is 2.22. The lowest BCUT2D eigenvalue weighted by Gasteiger charge is -2.25. The quantitative estimate of drug-likeness (QED) is 0.841. The molecule has 0 bridgehead atoms. The molecule has 0 spiro atoms. The van der Waals surface area contributed by atoms with Gasteiger partial charge in [-0.3, -0.25) is 4.99 Å². The predicted octanol–water partition coefficient (Wildman–Crippen LogP) is 1.42. The Morgan fingerprint density at radius 1 is 1.53 bits per heavy atom. The lowest BCUT2D eigenvalue weighted by molar-refractivity contribution is -0.0499. The van der Waals surface area contributed by atoms with Gasteiger partial charge in [-0.05, 0) is 24.6 Å². The first kappa shape index (κ1) is 11.6. The third-order valence-electron chi connectivity index (χ3n) is 2.67. The summed E-state index contributed by atoms with van der Waals surface area (Å²) in [5.74, 6) is 0.485. The van der Waals surface area contributed by atoms with Gasteiger partial charge in [0.25, 0.3) is 0 Å². The van der Waals surface area contributed by atoms with E-state index in [9.17, 15) is 8.78 Å². The third kappa shape index (κ3) is 2.46. The molecule has 17 heavy (non-hydrogen) atoms. The van der Waals surface area contributed by atoms with E-state index in [4.69, 9.17) is 5.73 Å². The van der Waals surface area contributed by atoms with Gasteiger partial charge >= 0.3 is 6.61 Å². The molecule has 4 nitrogen and oxygen atoms in total. The first-order chi connectivity index (χ1) is 7.99. The molecular weight excluding hydrogens is 228 g/mol.